The minimum Gasteiger partial charge on any atom is -0.396 e. The fourth-order valence-corrected chi connectivity index (χ4v) is 5.63. The highest BCUT2D eigenvalue weighted by molar-refractivity contribution is 8.00. The highest BCUT2D eigenvalue weighted by Gasteiger charge is 2.32. The van der Waals surface area contributed by atoms with Gasteiger partial charge >= 0.3 is 0 Å². The third-order valence-electron chi connectivity index (χ3n) is 3.48. The van der Waals surface area contributed by atoms with Crippen LogP contribution in [0.4, 0.5) is 10.1 Å². The van der Waals surface area contributed by atoms with Crippen molar-refractivity contribution in [1.29, 1.82) is 0 Å². The average molecular weight is 353 g/mol. The second-order valence-electron chi connectivity index (χ2n) is 4.96. The van der Waals surface area contributed by atoms with Crippen molar-refractivity contribution in [2.24, 2.45) is 0 Å². The van der Waals surface area contributed by atoms with E-state index >= 15 is 0 Å². The van der Waals surface area contributed by atoms with Crippen LogP contribution in [-0.4, -0.2) is 25.5 Å². The van der Waals surface area contributed by atoms with Crippen molar-refractivity contribution in [3.8, 4) is 0 Å². The molecule has 0 heterocycles. The standard InChI is InChI=1S/C13H18ClFN2O2S2/c1-2-20-12-5-3-4-11(12)17-21(18,19)13-7-10(16)9(15)6-8(13)14/h6-7,11-12,17H,2-5,16H2,1H3. The summed E-state index contributed by atoms with van der Waals surface area (Å²) < 4.78 is 40.8. The Balaban J connectivity index is 2.24. The fraction of sp³-hybridized carbons (Fsp3) is 0.538. The number of sulfonamides is 1. The van der Waals surface area contributed by atoms with Gasteiger partial charge in [-0.2, -0.15) is 11.8 Å². The van der Waals surface area contributed by atoms with E-state index in [0.717, 1.165) is 37.1 Å². The predicted octanol–water partition coefficient (Wildman–Crippen LogP) is 3.01. The van der Waals surface area contributed by atoms with Crippen LogP contribution in [0.3, 0.4) is 0 Å². The van der Waals surface area contributed by atoms with Crippen LogP contribution in [-0.2, 0) is 10.0 Å². The van der Waals surface area contributed by atoms with Gasteiger partial charge in [-0.05, 0) is 30.7 Å². The SMILES string of the molecule is CCSC1CCCC1NS(=O)(=O)c1cc(N)c(F)cc1Cl. The normalized spacial score (nSPS) is 22.6. The number of nitrogen functional groups attached to an aromatic ring is 1. The van der Waals surface area contributed by atoms with E-state index in [1.807, 2.05) is 6.92 Å². The Hall–Kier alpha value is -0.500. The molecule has 0 radical (unpaired) electrons. The van der Waals surface area contributed by atoms with Crippen LogP contribution in [0.25, 0.3) is 0 Å². The molecule has 3 N–H and O–H groups in total. The number of benzene rings is 1. The molecule has 4 nitrogen and oxygen atoms in total. The quantitative estimate of drug-likeness (QED) is 0.799. The molecule has 0 bridgehead atoms. The topological polar surface area (TPSA) is 72.2 Å². The first-order chi connectivity index (χ1) is 9.85. The second kappa shape index (κ2) is 6.73. The number of nitrogens with two attached hydrogens (primary N) is 1. The number of anilines is 1. The van der Waals surface area contributed by atoms with Crippen LogP contribution >= 0.6 is 23.4 Å². The Morgan fingerprint density at radius 1 is 1.48 bits per heavy atom. The number of hydrogen-bond donors (Lipinski definition) is 2. The van der Waals surface area contributed by atoms with Crippen molar-refractivity contribution >= 4 is 39.1 Å². The molecule has 0 aromatic heterocycles. The molecule has 2 atom stereocenters. The molecule has 0 spiro atoms. The Morgan fingerprint density at radius 3 is 2.86 bits per heavy atom. The zero-order valence-corrected chi connectivity index (χ0v) is 14.0. The molecule has 8 heteroatoms. The van der Waals surface area contributed by atoms with E-state index in [4.69, 9.17) is 17.3 Å². The molecule has 1 aliphatic carbocycles. The van der Waals surface area contributed by atoms with Crippen LogP contribution in [0.5, 0.6) is 0 Å². The van der Waals surface area contributed by atoms with Gasteiger partial charge in [0.25, 0.3) is 0 Å². The van der Waals surface area contributed by atoms with Crippen molar-refractivity contribution in [1.82, 2.24) is 4.72 Å². The number of hydrogen-bond acceptors (Lipinski definition) is 4. The van der Waals surface area contributed by atoms with Gasteiger partial charge in [0.2, 0.25) is 10.0 Å². The number of nitrogens with one attached hydrogen (secondary N) is 1. The average Bonchev–Trinajstić information content (AvgIpc) is 2.81. The van der Waals surface area contributed by atoms with Crippen molar-refractivity contribution in [3.05, 3.63) is 23.0 Å². The molecule has 2 unspecified atom stereocenters. The molecular formula is C13H18ClFN2O2S2. The van der Waals surface area contributed by atoms with Crippen molar-refractivity contribution in [3.63, 3.8) is 0 Å². The minimum absolute atomic E-state index is 0.123. The van der Waals surface area contributed by atoms with Crippen molar-refractivity contribution in [2.45, 2.75) is 42.4 Å². The zero-order valence-electron chi connectivity index (χ0n) is 11.6. The van der Waals surface area contributed by atoms with Crippen LogP contribution in [0, 0.1) is 5.82 Å². The van der Waals surface area contributed by atoms with Crippen LogP contribution in [0.1, 0.15) is 26.2 Å². The molecule has 1 aliphatic rings. The molecule has 0 amide bonds. The molecule has 21 heavy (non-hydrogen) atoms. The number of rotatable bonds is 5. The summed E-state index contributed by atoms with van der Waals surface area (Å²) in [6.45, 7) is 2.05. The Morgan fingerprint density at radius 2 is 2.19 bits per heavy atom. The lowest BCUT2D eigenvalue weighted by Crippen LogP contribution is -2.38. The molecule has 1 aromatic rings. The first-order valence-electron chi connectivity index (χ1n) is 6.73. The van der Waals surface area contributed by atoms with Crippen LogP contribution in [0.2, 0.25) is 5.02 Å². The highest BCUT2D eigenvalue weighted by Crippen LogP contribution is 2.32. The van der Waals surface area contributed by atoms with Gasteiger partial charge in [0.15, 0.2) is 0 Å². The molecule has 1 saturated carbocycles. The van der Waals surface area contributed by atoms with E-state index in [-0.39, 0.29) is 26.9 Å². The summed E-state index contributed by atoms with van der Waals surface area (Å²) in [6.07, 6.45) is 2.78. The maximum absolute atomic E-state index is 13.3. The van der Waals surface area contributed by atoms with Gasteiger partial charge in [0.05, 0.1) is 10.7 Å². The summed E-state index contributed by atoms with van der Waals surface area (Å²) in [4.78, 5) is -0.171. The van der Waals surface area contributed by atoms with E-state index in [0.29, 0.717) is 0 Å². The van der Waals surface area contributed by atoms with Crippen molar-refractivity contribution in [2.75, 3.05) is 11.5 Å². The van der Waals surface area contributed by atoms with Gasteiger partial charge in [-0.15, -0.1) is 0 Å². The van der Waals surface area contributed by atoms with Crippen LogP contribution < -0.4 is 10.5 Å². The second-order valence-corrected chi connectivity index (χ2v) is 8.56. The molecule has 118 valence electrons. The highest BCUT2D eigenvalue weighted by atomic mass is 35.5. The number of thioether (sulfide) groups is 1. The predicted molar refractivity (Wildman–Crippen MR) is 85.7 cm³/mol. The zero-order chi connectivity index (χ0) is 15.6. The van der Waals surface area contributed by atoms with Gasteiger partial charge in [-0.3, -0.25) is 0 Å². The monoisotopic (exact) mass is 352 g/mol. The molecule has 2 rings (SSSR count). The van der Waals surface area contributed by atoms with Gasteiger partial charge in [-0.25, -0.2) is 17.5 Å². The maximum Gasteiger partial charge on any atom is 0.242 e. The Kier molecular flexibility index (Phi) is 5.40. The minimum atomic E-state index is -3.81. The van der Waals surface area contributed by atoms with Crippen LogP contribution in [0.15, 0.2) is 17.0 Å². The van der Waals surface area contributed by atoms with E-state index in [2.05, 4.69) is 4.72 Å². The fourth-order valence-electron chi connectivity index (χ4n) is 2.49. The molecule has 1 aromatic carbocycles. The van der Waals surface area contributed by atoms with Crippen molar-refractivity contribution < 1.29 is 12.8 Å². The molecule has 1 fully saturated rings. The Labute approximate surface area is 133 Å². The lowest BCUT2D eigenvalue weighted by molar-refractivity contribution is 0.555. The third kappa shape index (κ3) is 3.83. The lowest BCUT2D eigenvalue weighted by Gasteiger charge is -2.20. The summed E-state index contributed by atoms with van der Waals surface area (Å²) >= 11 is 7.60. The summed E-state index contributed by atoms with van der Waals surface area (Å²) in [6, 6.07) is 1.87. The first-order valence-corrected chi connectivity index (χ1v) is 9.64. The smallest absolute Gasteiger partial charge is 0.242 e. The summed E-state index contributed by atoms with van der Waals surface area (Å²) in [5, 5.41) is 0.105. The van der Waals surface area contributed by atoms with Gasteiger partial charge < -0.3 is 5.73 Å². The Bertz CT molecular complexity index is 625. The number of halogens is 2. The van der Waals surface area contributed by atoms with Gasteiger partial charge in [-0.1, -0.05) is 24.9 Å². The first kappa shape index (κ1) is 16.9. The van der Waals surface area contributed by atoms with E-state index in [1.165, 1.54) is 0 Å². The maximum atomic E-state index is 13.3. The third-order valence-corrected chi connectivity index (χ3v) is 6.76. The van der Waals surface area contributed by atoms with Gasteiger partial charge in [0.1, 0.15) is 10.7 Å². The van der Waals surface area contributed by atoms with E-state index < -0.39 is 15.8 Å². The molecule has 0 saturated heterocycles. The molecular weight excluding hydrogens is 335 g/mol. The summed E-state index contributed by atoms with van der Waals surface area (Å²) in [5.74, 6) is 0.215. The largest absolute Gasteiger partial charge is 0.396 e. The van der Waals surface area contributed by atoms with E-state index in [1.54, 1.807) is 11.8 Å². The summed E-state index contributed by atoms with van der Waals surface area (Å²) in [7, 11) is -3.81. The lowest BCUT2D eigenvalue weighted by atomic mass is 10.3. The van der Waals surface area contributed by atoms with Gasteiger partial charge in [0, 0.05) is 11.3 Å². The van der Waals surface area contributed by atoms with E-state index in [9.17, 15) is 12.8 Å². The molecule has 0 aliphatic heterocycles. The summed E-state index contributed by atoms with van der Waals surface area (Å²) in [5.41, 5.74) is 5.21.